The average molecular weight is 644 g/mol. The van der Waals surface area contributed by atoms with Crippen LogP contribution in [0.15, 0.2) is 77.3 Å². The van der Waals surface area contributed by atoms with Gasteiger partial charge >= 0.3 is 0 Å². The van der Waals surface area contributed by atoms with Gasteiger partial charge < -0.3 is 24.1 Å². The average Bonchev–Trinajstić information content (AvgIpc) is 3.58. The molecule has 47 heavy (non-hydrogen) atoms. The van der Waals surface area contributed by atoms with Crippen LogP contribution < -0.4 is 10.1 Å². The maximum atomic E-state index is 12.7. The molecule has 0 aliphatic carbocycles. The highest BCUT2D eigenvalue weighted by Gasteiger charge is 2.17. The highest BCUT2D eigenvalue weighted by Crippen LogP contribution is 2.25. The van der Waals surface area contributed by atoms with Gasteiger partial charge in [-0.1, -0.05) is 96.6 Å². The molecule has 1 amide bonds. The molecule has 254 valence electrons. The molecule has 3 aromatic carbocycles. The number of hydrogen-bond donors (Lipinski definition) is 1. The minimum Gasteiger partial charge on any atom is -0.494 e. The molecule has 0 saturated heterocycles. The largest absolute Gasteiger partial charge is 0.494 e. The number of unbranched alkanes of at least 4 members (excludes halogenated alkanes) is 4. The molecule has 0 saturated carbocycles. The predicted molar refractivity (Wildman–Crippen MR) is 190 cm³/mol. The van der Waals surface area contributed by atoms with Crippen molar-refractivity contribution in [3.63, 3.8) is 0 Å². The number of ether oxygens (including phenoxy) is 2. The maximum absolute atomic E-state index is 12.7. The van der Waals surface area contributed by atoms with Gasteiger partial charge in [0.2, 0.25) is 5.82 Å². The normalized spacial score (nSPS) is 11.3. The fourth-order valence-electron chi connectivity index (χ4n) is 4.60. The summed E-state index contributed by atoms with van der Waals surface area (Å²) in [7, 11) is 3.25. The molecule has 4 aromatic rings. The molecule has 1 heterocycles. The molecule has 0 bridgehead atoms. The first-order valence-electron chi connectivity index (χ1n) is 16.6. The van der Waals surface area contributed by atoms with Crippen LogP contribution in [0.2, 0.25) is 0 Å². The summed E-state index contributed by atoms with van der Waals surface area (Å²) in [4.78, 5) is 29.0. The van der Waals surface area contributed by atoms with E-state index in [1.807, 2.05) is 74.5 Å². The molecule has 0 radical (unpaired) electrons. The van der Waals surface area contributed by atoms with Crippen molar-refractivity contribution in [2.45, 2.75) is 91.5 Å². The van der Waals surface area contributed by atoms with E-state index in [2.05, 4.69) is 47.9 Å². The van der Waals surface area contributed by atoms with Crippen LogP contribution in [0.5, 0.6) is 5.75 Å². The standard InChI is InChI=1S/C35H41N3O4.C2H6O.C2H6/c1-5-6-7-8-9-22-41-31-20-16-26(17-21-31)32-37-34(42-38-32)28-12-10-25(11-13-28)23-30(24-39)36-33(40)27-14-18-29(19-15-27)35(2,3)4;1-3-2;1-2/h10-21,24,30H,5-9,22-23H2,1-4H3,(H,36,40);1-2H3;1-2H3. The molecule has 0 aliphatic rings. The maximum Gasteiger partial charge on any atom is 0.258 e. The molecule has 1 atom stereocenters. The summed E-state index contributed by atoms with van der Waals surface area (Å²) >= 11 is 0. The van der Waals surface area contributed by atoms with Crippen LogP contribution in [0.4, 0.5) is 0 Å². The molecular weight excluding hydrogens is 590 g/mol. The number of amides is 1. The Balaban J connectivity index is 0.00000145. The first-order chi connectivity index (χ1) is 22.7. The fourth-order valence-corrected chi connectivity index (χ4v) is 4.60. The molecule has 8 nitrogen and oxygen atoms in total. The second kappa shape index (κ2) is 20.7. The summed E-state index contributed by atoms with van der Waals surface area (Å²) in [5, 5.41) is 6.97. The van der Waals surface area contributed by atoms with Gasteiger partial charge in [-0.05, 0) is 77.9 Å². The highest BCUT2D eigenvalue weighted by molar-refractivity contribution is 5.95. The Labute approximate surface area is 281 Å². The van der Waals surface area contributed by atoms with Gasteiger partial charge in [-0.15, -0.1) is 0 Å². The molecule has 0 spiro atoms. The van der Waals surface area contributed by atoms with Crippen molar-refractivity contribution in [2.24, 2.45) is 0 Å². The van der Waals surface area contributed by atoms with Gasteiger partial charge in [0, 0.05) is 30.9 Å². The van der Waals surface area contributed by atoms with Crippen molar-refractivity contribution in [3.05, 3.63) is 89.5 Å². The number of nitrogens with one attached hydrogen (secondary N) is 1. The van der Waals surface area contributed by atoms with Crippen LogP contribution in [0.3, 0.4) is 0 Å². The number of hydrogen-bond acceptors (Lipinski definition) is 7. The van der Waals surface area contributed by atoms with E-state index in [4.69, 9.17) is 9.26 Å². The topological polar surface area (TPSA) is 104 Å². The molecule has 1 N–H and O–H groups in total. The van der Waals surface area contributed by atoms with Gasteiger partial charge in [0.1, 0.15) is 12.0 Å². The Morgan fingerprint density at radius 1 is 0.872 bits per heavy atom. The van der Waals surface area contributed by atoms with Gasteiger partial charge in [-0.3, -0.25) is 4.79 Å². The lowest BCUT2D eigenvalue weighted by Crippen LogP contribution is -2.37. The second-order valence-electron chi connectivity index (χ2n) is 12.1. The van der Waals surface area contributed by atoms with Crippen LogP contribution in [-0.2, 0) is 21.4 Å². The number of carbonyl (C=O) groups excluding carboxylic acids is 2. The van der Waals surface area contributed by atoms with E-state index in [0.29, 0.717) is 23.7 Å². The Kier molecular flexibility index (Phi) is 17.2. The van der Waals surface area contributed by atoms with Crippen LogP contribution in [0, 0.1) is 0 Å². The zero-order valence-corrected chi connectivity index (χ0v) is 29.5. The SMILES string of the molecule is CC.CCCCCCCOc1ccc(-c2noc(-c3ccc(CC(C=O)NC(=O)c4ccc(C(C)(C)C)cc4)cc3)n2)cc1.COC. The van der Waals surface area contributed by atoms with Crippen LogP contribution in [0.1, 0.15) is 95.1 Å². The zero-order valence-electron chi connectivity index (χ0n) is 29.5. The summed E-state index contributed by atoms with van der Waals surface area (Å²) in [5.74, 6) is 1.46. The number of rotatable bonds is 14. The summed E-state index contributed by atoms with van der Waals surface area (Å²) < 4.78 is 15.6. The van der Waals surface area contributed by atoms with E-state index in [1.54, 1.807) is 26.4 Å². The highest BCUT2D eigenvalue weighted by atomic mass is 16.5. The Morgan fingerprint density at radius 3 is 2.04 bits per heavy atom. The van der Waals surface area contributed by atoms with E-state index in [0.717, 1.165) is 47.3 Å². The monoisotopic (exact) mass is 643 g/mol. The van der Waals surface area contributed by atoms with Crippen molar-refractivity contribution in [3.8, 4) is 28.6 Å². The molecule has 0 fully saturated rings. The van der Waals surface area contributed by atoms with Gasteiger partial charge in [0.05, 0.1) is 12.6 Å². The Morgan fingerprint density at radius 2 is 1.47 bits per heavy atom. The van der Waals surface area contributed by atoms with Crippen molar-refractivity contribution in [2.75, 3.05) is 20.8 Å². The minimum atomic E-state index is -0.645. The van der Waals surface area contributed by atoms with E-state index < -0.39 is 6.04 Å². The summed E-state index contributed by atoms with van der Waals surface area (Å²) in [6, 6.07) is 22.1. The van der Waals surface area contributed by atoms with Crippen molar-refractivity contribution in [1.29, 1.82) is 0 Å². The molecule has 1 aromatic heterocycles. The van der Waals surface area contributed by atoms with E-state index in [9.17, 15) is 9.59 Å². The molecule has 4 rings (SSSR count). The molecule has 1 unspecified atom stereocenters. The summed E-state index contributed by atoms with van der Waals surface area (Å²) in [6.45, 7) is 13.3. The van der Waals surface area contributed by atoms with Crippen molar-refractivity contribution in [1.82, 2.24) is 15.5 Å². The summed E-state index contributed by atoms with van der Waals surface area (Å²) in [6.07, 6.45) is 7.17. The van der Waals surface area contributed by atoms with Crippen LogP contribution in [-0.4, -0.2) is 49.2 Å². The van der Waals surface area contributed by atoms with Gasteiger partial charge in [-0.25, -0.2) is 0 Å². The number of aldehydes is 1. The minimum absolute atomic E-state index is 0.00300. The lowest BCUT2D eigenvalue weighted by molar-refractivity contribution is -0.109. The number of aromatic nitrogens is 2. The molecule has 0 aliphatic heterocycles. The van der Waals surface area contributed by atoms with Gasteiger partial charge in [0.15, 0.2) is 0 Å². The van der Waals surface area contributed by atoms with Crippen LogP contribution in [0.25, 0.3) is 22.8 Å². The van der Waals surface area contributed by atoms with Crippen molar-refractivity contribution >= 4 is 12.2 Å². The third-order valence-electron chi connectivity index (χ3n) is 7.21. The Hall–Kier alpha value is -4.30. The lowest BCUT2D eigenvalue weighted by atomic mass is 9.86. The number of benzene rings is 3. The zero-order chi connectivity index (χ0) is 34.7. The van der Waals surface area contributed by atoms with E-state index >= 15 is 0 Å². The second-order valence-corrected chi connectivity index (χ2v) is 12.1. The molecule has 8 heteroatoms. The summed E-state index contributed by atoms with van der Waals surface area (Å²) in [5.41, 5.74) is 4.19. The fraction of sp³-hybridized carbons (Fsp3) is 0.436. The van der Waals surface area contributed by atoms with Crippen LogP contribution >= 0.6 is 0 Å². The van der Waals surface area contributed by atoms with E-state index in [1.165, 1.54) is 25.7 Å². The predicted octanol–water partition coefficient (Wildman–Crippen LogP) is 8.88. The first kappa shape index (κ1) is 38.9. The van der Waals surface area contributed by atoms with Crippen molar-refractivity contribution < 1.29 is 23.6 Å². The number of carbonyl (C=O) groups is 2. The third-order valence-corrected chi connectivity index (χ3v) is 7.21. The Bertz CT molecular complexity index is 1440. The van der Waals surface area contributed by atoms with Gasteiger partial charge in [-0.2, -0.15) is 4.98 Å². The smallest absolute Gasteiger partial charge is 0.258 e. The van der Waals surface area contributed by atoms with E-state index in [-0.39, 0.29) is 11.3 Å². The van der Waals surface area contributed by atoms with Gasteiger partial charge in [0.25, 0.3) is 11.8 Å². The number of nitrogens with zero attached hydrogens (tertiary/aromatic N) is 2. The molecular formula is C39H53N3O5. The quantitative estimate of drug-likeness (QED) is 0.108. The first-order valence-corrected chi connectivity index (χ1v) is 16.6. The number of methoxy groups -OCH3 is 1. The third kappa shape index (κ3) is 13.1. The lowest BCUT2D eigenvalue weighted by Gasteiger charge is -2.19.